The molecule has 0 amide bonds. The molecule has 0 saturated carbocycles. The minimum Gasteiger partial charge on any atom is -0.461 e. The summed E-state index contributed by atoms with van der Waals surface area (Å²) in [5.74, 6) is -0.0550. The number of esters is 1. The van der Waals surface area contributed by atoms with E-state index in [0.717, 1.165) is 83.5 Å². The first-order valence-corrected chi connectivity index (χ1v) is 27.0. The molecule has 0 aromatic rings. The lowest BCUT2D eigenvalue weighted by Gasteiger charge is -2.05. The monoisotopic (exact) mass is 895 g/mol. The zero-order valence-electron chi connectivity index (χ0n) is 45.1. The second-order valence-corrected chi connectivity index (χ2v) is 20.0. The Labute approximate surface area is 406 Å². The smallest absolute Gasteiger partial charge is 0.306 e. The van der Waals surface area contributed by atoms with Crippen molar-refractivity contribution in [3.63, 3.8) is 0 Å². The number of allylic oxidation sites excluding steroid dienone is 19. The SMILES string of the molecule is CCCCCCCC/C=C\CCCCCCCC(=O)OC/C=C(\C)CC/C=C(\C)CC/C=C(\C)CC/C=C(\C)CC/C=C(\C)CC/C=C(\C)CC/C=C(\C)CC/C=C(\C)CCC=C(C)C. The van der Waals surface area contributed by atoms with Gasteiger partial charge < -0.3 is 4.74 Å². The molecule has 0 saturated heterocycles. The molecule has 0 aliphatic heterocycles. The normalized spacial score (nSPS) is 14.0. The highest BCUT2D eigenvalue weighted by Crippen LogP contribution is 2.18. The Hall–Kier alpha value is -3.13. The van der Waals surface area contributed by atoms with Crippen LogP contribution in [-0.4, -0.2) is 12.6 Å². The molecule has 0 radical (unpaired) electrons. The number of unbranched alkanes of at least 4 members (excludes halogenated alkanes) is 11. The molecule has 0 aliphatic rings. The van der Waals surface area contributed by atoms with E-state index in [2.05, 4.69) is 143 Å². The molecule has 0 fully saturated rings. The quantitative estimate of drug-likeness (QED) is 0.0347. The van der Waals surface area contributed by atoms with Crippen molar-refractivity contribution in [2.45, 2.75) is 269 Å². The molecule has 0 bridgehead atoms. The topological polar surface area (TPSA) is 26.3 Å². The molecule has 2 heteroatoms. The summed E-state index contributed by atoms with van der Waals surface area (Å²) in [5.41, 5.74) is 13.3. The first-order valence-electron chi connectivity index (χ1n) is 27.0. The number of rotatable bonds is 41. The largest absolute Gasteiger partial charge is 0.461 e. The Morgan fingerprint density at radius 1 is 0.308 bits per heavy atom. The van der Waals surface area contributed by atoms with Gasteiger partial charge in [-0.25, -0.2) is 0 Å². The number of carbonyl (C=O) groups excluding carboxylic acids is 1. The fourth-order valence-electron chi connectivity index (χ4n) is 7.92. The van der Waals surface area contributed by atoms with Crippen LogP contribution in [0.3, 0.4) is 0 Å². The van der Waals surface area contributed by atoms with Gasteiger partial charge in [0.25, 0.3) is 0 Å². The van der Waals surface area contributed by atoms with Gasteiger partial charge in [-0.2, -0.15) is 0 Å². The average Bonchev–Trinajstić information content (AvgIpc) is 3.25. The van der Waals surface area contributed by atoms with E-state index >= 15 is 0 Å². The maximum atomic E-state index is 12.2. The van der Waals surface area contributed by atoms with Gasteiger partial charge in [-0.1, -0.05) is 169 Å². The summed E-state index contributed by atoms with van der Waals surface area (Å²) in [4.78, 5) is 12.2. The second-order valence-electron chi connectivity index (χ2n) is 20.0. The van der Waals surface area contributed by atoms with Crippen molar-refractivity contribution in [1.29, 1.82) is 0 Å². The number of hydrogen-bond donors (Lipinski definition) is 0. The molecule has 0 aromatic carbocycles. The Kier molecular flexibility index (Phi) is 42.5. The number of hydrogen-bond acceptors (Lipinski definition) is 2. The lowest BCUT2D eigenvalue weighted by atomic mass is 10.0. The zero-order valence-corrected chi connectivity index (χ0v) is 45.1. The summed E-state index contributed by atoms with van der Waals surface area (Å²) in [5, 5.41) is 0. The summed E-state index contributed by atoms with van der Waals surface area (Å²) in [7, 11) is 0. The second kappa shape index (κ2) is 44.7. The van der Waals surface area contributed by atoms with Crippen LogP contribution < -0.4 is 0 Å². The van der Waals surface area contributed by atoms with Crippen LogP contribution in [0, 0.1) is 0 Å². The molecule has 0 rings (SSSR count). The number of ether oxygens (including phenoxy) is 1. The van der Waals surface area contributed by atoms with Gasteiger partial charge in [-0.15, -0.1) is 0 Å². The molecule has 0 unspecified atom stereocenters. The van der Waals surface area contributed by atoms with Crippen LogP contribution in [0.1, 0.15) is 269 Å². The van der Waals surface area contributed by atoms with Crippen LogP contribution in [0.15, 0.2) is 117 Å². The van der Waals surface area contributed by atoms with E-state index in [4.69, 9.17) is 4.74 Å². The van der Waals surface area contributed by atoms with E-state index in [9.17, 15) is 4.79 Å². The molecule has 0 heterocycles. The third-order valence-electron chi connectivity index (χ3n) is 12.6. The fraction of sp³-hybridized carbons (Fsp3) is 0.667. The number of carbonyl (C=O) groups is 1. The van der Waals surface area contributed by atoms with E-state index in [1.165, 1.54) is 153 Å². The van der Waals surface area contributed by atoms with E-state index in [0.29, 0.717) is 13.0 Å². The van der Waals surface area contributed by atoms with Crippen LogP contribution in [0.5, 0.6) is 0 Å². The molecular formula is C63H106O2. The van der Waals surface area contributed by atoms with Gasteiger partial charge in [0.1, 0.15) is 6.61 Å². The van der Waals surface area contributed by atoms with E-state index in [-0.39, 0.29) is 5.97 Å². The van der Waals surface area contributed by atoms with Crippen LogP contribution in [0.4, 0.5) is 0 Å². The van der Waals surface area contributed by atoms with E-state index in [1.807, 2.05) is 0 Å². The standard InChI is InChI=1S/C63H106O2/c1-12-13-14-15-16-17-18-19-20-21-22-23-24-25-26-51-63(64)65-53-52-62(11)50-34-49-61(10)48-33-47-60(9)46-32-45-59(8)44-31-43-58(7)42-30-41-57(6)40-29-39-56(5)38-28-37-55(4)36-27-35-54(2)3/h19-20,35,37,39,41,43,45,47,49,52H,12-18,21-34,36,38,40,42,44,46,48,50-51,53H2,1-11H3/b20-19-,55-37+,56-39+,57-41+,58-43+,59-45+,60-47+,61-49+,62-52+. The van der Waals surface area contributed by atoms with Crippen molar-refractivity contribution in [2.75, 3.05) is 6.61 Å². The van der Waals surface area contributed by atoms with Crippen molar-refractivity contribution in [1.82, 2.24) is 0 Å². The lowest BCUT2D eigenvalue weighted by molar-refractivity contribution is -0.142. The summed E-state index contributed by atoms with van der Waals surface area (Å²) < 4.78 is 5.49. The molecule has 65 heavy (non-hydrogen) atoms. The zero-order chi connectivity index (χ0) is 48.2. The van der Waals surface area contributed by atoms with Crippen molar-refractivity contribution >= 4 is 5.97 Å². The van der Waals surface area contributed by atoms with Crippen molar-refractivity contribution in [2.24, 2.45) is 0 Å². The van der Waals surface area contributed by atoms with E-state index < -0.39 is 0 Å². The van der Waals surface area contributed by atoms with Crippen molar-refractivity contribution < 1.29 is 9.53 Å². The van der Waals surface area contributed by atoms with Gasteiger partial charge in [-0.05, 0) is 210 Å². The molecule has 2 nitrogen and oxygen atoms in total. The summed E-state index contributed by atoms with van der Waals surface area (Å²) in [6, 6.07) is 0. The third-order valence-corrected chi connectivity index (χ3v) is 12.6. The predicted octanol–water partition coefficient (Wildman–Crippen LogP) is 21.3. The summed E-state index contributed by atoms with van der Waals surface area (Å²) >= 11 is 0. The van der Waals surface area contributed by atoms with Crippen LogP contribution in [-0.2, 0) is 9.53 Å². The molecule has 0 aliphatic carbocycles. The van der Waals surface area contributed by atoms with Gasteiger partial charge in [0.15, 0.2) is 0 Å². The Bertz CT molecular complexity index is 1520. The van der Waals surface area contributed by atoms with Gasteiger partial charge in [0.2, 0.25) is 0 Å². The molecule has 0 spiro atoms. The summed E-state index contributed by atoms with van der Waals surface area (Å²) in [6.45, 7) is 25.2. The van der Waals surface area contributed by atoms with Gasteiger partial charge >= 0.3 is 5.97 Å². The highest BCUT2D eigenvalue weighted by molar-refractivity contribution is 5.69. The molecule has 370 valence electrons. The van der Waals surface area contributed by atoms with Crippen LogP contribution >= 0.6 is 0 Å². The molecule has 0 atom stereocenters. The Balaban J connectivity index is 4.08. The first kappa shape index (κ1) is 61.9. The maximum Gasteiger partial charge on any atom is 0.306 e. The highest BCUT2D eigenvalue weighted by atomic mass is 16.5. The first-order chi connectivity index (χ1) is 31.3. The molecule has 0 aromatic heterocycles. The van der Waals surface area contributed by atoms with Crippen molar-refractivity contribution in [3.05, 3.63) is 117 Å². The van der Waals surface area contributed by atoms with Crippen LogP contribution in [0.2, 0.25) is 0 Å². The molecule has 0 N–H and O–H groups in total. The van der Waals surface area contributed by atoms with Gasteiger partial charge in [0.05, 0.1) is 0 Å². The van der Waals surface area contributed by atoms with Gasteiger partial charge in [0, 0.05) is 6.42 Å². The third kappa shape index (κ3) is 45.8. The molecular weight excluding hydrogens is 789 g/mol. The highest BCUT2D eigenvalue weighted by Gasteiger charge is 2.02. The fourth-order valence-corrected chi connectivity index (χ4v) is 7.92. The lowest BCUT2D eigenvalue weighted by Crippen LogP contribution is -2.04. The van der Waals surface area contributed by atoms with Crippen LogP contribution in [0.25, 0.3) is 0 Å². The Morgan fingerprint density at radius 3 is 0.908 bits per heavy atom. The van der Waals surface area contributed by atoms with E-state index in [1.54, 1.807) is 0 Å². The Morgan fingerprint density at radius 2 is 0.585 bits per heavy atom. The average molecular weight is 896 g/mol. The van der Waals surface area contributed by atoms with Crippen molar-refractivity contribution in [3.8, 4) is 0 Å². The predicted molar refractivity (Wildman–Crippen MR) is 294 cm³/mol. The maximum absolute atomic E-state index is 12.2. The van der Waals surface area contributed by atoms with Gasteiger partial charge in [-0.3, -0.25) is 4.79 Å². The minimum absolute atomic E-state index is 0.0550. The minimum atomic E-state index is -0.0550. The summed E-state index contributed by atoms with van der Waals surface area (Å²) in [6.07, 6.45) is 61.5.